The molecule has 0 heterocycles. The monoisotopic (exact) mass is 363 g/mol. The van der Waals surface area contributed by atoms with Gasteiger partial charge in [0, 0.05) is 4.47 Å². The third-order valence-corrected chi connectivity index (χ3v) is 3.21. The van der Waals surface area contributed by atoms with Gasteiger partial charge < -0.3 is 10.4 Å². The molecule has 3 nitrogen and oxygen atoms in total. The molecule has 0 aliphatic carbocycles. The summed E-state index contributed by atoms with van der Waals surface area (Å²) in [5.74, 6) is -8.24. The van der Waals surface area contributed by atoms with Gasteiger partial charge in [0.25, 0.3) is 5.91 Å². The Kier molecular flexibility index (Phi) is 4.17. The Labute approximate surface area is 124 Å². The van der Waals surface area contributed by atoms with E-state index in [1.807, 2.05) is 0 Å². The number of hydrogen-bond acceptors (Lipinski definition) is 2. The van der Waals surface area contributed by atoms with Crippen LogP contribution in [0.3, 0.4) is 0 Å². The minimum Gasteiger partial charge on any atom is -0.503 e. The van der Waals surface area contributed by atoms with Gasteiger partial charge in [-0.05, 0) is 40.2 Å². The summed E-state index contributed by atoms with van der Waals surface area (Å²) in [6.07, 6.45) is 0. The van der Waals surface area contributed by atoms with Crippen molar-refractivity contribution in [3.63, 3.8) is 0 Å². The summed E-state index contributed by atoms with van der Waals surface area (Å²) < 4.78 is 52.7. The second kappa shape index (κ2) is 5.72. The first-order valence-electron chi connectivity index (χ1n) is 5.44. The molecule has 2 aromatic rings. The van der Waals surface area contributed by atoms with Crippen molar-refractivity contribution < 1.29 is 27.5 Å². The molecule has 21 heavy (non-hydrogen) atoms. The highest BCUT2D eigenvalue weighted by atomic mass is 79.9. The highest BCUT2D eigenvalue weighted by Crippen LogP contribution is 2.28. The molecule has 110 valence electrons. The molecule has 0 saturated heterocycles. The molecule has 0 aliphatic rings. The first kappa shape index (κ1) is 15.3. The Morgan fingerprint density at radius 2 is 1.76 bits per heavy atom. The number of carbonyl (C=O) groups is 1. The van der Waals surface area contributed by atoms with Gasteiger partial charge in [0.15, 0.2) is 17.4 Å². The molecular weight excluding hydrogens is 358 g/mol. The summed E-state index contributed by atoms with van der Waals surface area (Å²) >= 11 is 2.98. The minimum atomic E-state index is -1.79. The second-order valence-corrected chi connectivity index (χ2v) is 4.82. The van der Waals surface area contributed by atoms with Crippen LogP contribution in [-0.2, 0) is 0 Å². The van der Waals surface area contributed by atoms with Crippen molar-refractivity contribution >= 4 is 27.5 Å². The van der Waals surface area contributed by atoms with E-state index in [2.05, 4.69) is 21.2 Å². The van der Waals surface area contributed by atoms with Gasteiger partial charge in [-0.15, -0.1) is 0 Å². The summed E-state index contributed by atoms with van der Waals surface area (Å²) in [5, 5.41) is 11.2. The third kappa shape index (κ3) is 2.99. The number of nitrogens with one attached hydrogen (secondary N) is 1. The molecule has 2 rings (SSSR count). The summed E-state index contributed by atoms with van der Waals surface area (Å²) in [5.41, 5.74) is -0.798. The van der Waals surface area contributed by atoms with Crippen molar-refractivity contribution in [3.05, 3.63) is 57.6 Å². The Balaban J connectivity index is 2.37. The van der Waals surface area contributed by atoms with E-state index in [1.165, 1.54) is 6.07 Å². The molecular formula is C13H6BrF4NO2. The van der Waals surface area contributed by atoms with Gasteiger partial charge in [0.1, 0.15) is 5.82 Å². The van der Waals surface area contributed by atoms with E-state index < -0.39 is 40.5 Å². The number of anilines is 1. The van der Waals surface area contributed by atoms with E-state index in [1.54, 1.807) is 0 Å². The van der Waals surface area contributed by atoms with Gasteiger partial charge in [-0.3, -0.25) is 4.79 Å². The maximum absolute atomic E-state index is 13.6. The summed E-state index contributed by atoms with van der Waals surface area (Å²) in [7, 11) is 0. The maximum atomic E-state index is 13.6. The van der Waals surface area contributed by atoms with Crippen LogP contribution in [0.2, 0.25) is 0 Å². The highest BCUT2D eigenvalue weighted by Gasteiger charge is 2.22. The van der Waals surface area contributed by atoms with Gasteiger partial charge in [0.05, 0.1) is 11.3 Å². The van der Waals surface area contributed by atoms with Crippen LogP contribution in [-0.4, -0.2) is 11.0 Å². The van der Waals surface area contributed by atoms with Crippen LogP contribution in [0.15, 0.2) is 28.7 Å². The lowest BCUT2D eigenvalue weighted by molar-refractivity contribution is 0.102. The lowest BCUT2D eigenvalue weighted by Gasteiger charge is -2.09. The van der Waals surface area contributed by atoms with Gasteiger partial charge >= 0.3 is 0 Å². The van der Waals surface area contributed by atoms with E-state index >= 15 is 0 Å². The zero-order valence-corrected chi connectivity index (χ0v) is 11.6. The predicted octanol–water partition coefficient (Wildman–Crippen LogP) is 3.96. The lowest BCUT2D eigenvalue weighted by Crippen LogP contribution is -2.15. The number of phenols is 1. The maximum Gasteiger partial charge on any atom is 0.258 e. The van der Waals surface area contributed by atoms with E-state index in [-0.39, 0.29) is 10.2 Å². The third-order valence-electron chi connectivity index (χ3n) is 2.56. The second-order valence-electron chi connectivity index (χ2n) is 3.96. The molecule has 2 aromatic carbocycles. The molecule has 0 radical (unpaired) electrons. The first-order chi connectivity index (χ1) is 9.81. The van der Waals surface area contributed by atoms with Crippen molar-refractivity contribution in [1.82, 2.24) is 0 Å². The highest BCUT2D eigenvalue weighted by molar-refractivity contribution is 9.10. The molecule has 1 amide bonds. The van der Waals surface area contributed by atoms with Crippen LogP contribution in [0.25, 0.3) is 0 Å². The average molecular weight is 364 g/mol. The van der Waals surface area contributed by atoms with Crippen molar-refractivity contribution in [3.8, 4) is 5.75 Å². The fourth-order valence-corrected chi connectivity index (χ4v) is 1.99. The number of hydrogen-bond donors (Lipinski definition) is 2. The SMILES string of the molecule is O=C(Nc1ccc(F)cc1Br)c1cc(F)c(F)c(O)c1F. The topological polar surface area (TPSA) is 49.3 Å². The van der Waals surface area contributed by atoms with Crippen molar-refractivity contribution in [2.24, 2.45) is 0 Å². The van der Waals surface area contributed by atoms with E-state index in [0.717, 1.165) is 12.1 Å². The number of rotatable bonds is 2. The lowest BCUT2D eigenvalue weighted by atomic mass is 10.1. The fraction of sp³-hybridized carbons (Fsp3) is 0. The predicted molar refractivity (Wildman–Crippen MR) is 70.0 cm³/mol. The van der Waals surface area contributed by atoms with E-state index in [0.29, 0.717) is 6.07 Å². The van der Waals surface area contributed by atoms with Gasteiger partial charge in [-0.2, -0.15) is 4.39 Å². The Morgan fingerprint density at radius 3 is 2.38 bits per heavy atom. The van der Waals surface area contributed by atoms with Crippen LogP contribution >= 0.6 is 15.9 Å². The quantitative estimate of drug-likeness (QED) is 0.626. The number of aromatic hydroxyl groups is 1. The fourth-order valence-electron chi connectivity index (χ4n) is 1.54. The molecule has 0 spiro atoms. The molecule has 0 unspecified atom stereocenters. The van der Waals surface area contributed by atoms with Crippen LogP contribution in [0.1, 0.15) is 10.4 Å². The Morgan fingerprint density at radius 1 is 1.10 bits per heavy atom. The van der Waals surface area contributed by atoms with Crippen LogP contribution in [0, 0.1) is 23.3 Å². The first-order valence-corrected chi connectivity index (χ1v) is 6.23. The number of halogens is 5. The molecule has 0 fully saturated rings. The van der Waals surface area contributed by atoms with Gasteiger partial charge in [-0.25, -0.2) is 13.2 Å². The minimum absolute atomic E-state index is 0.0880. The molecule has 2 N–H and O–H groups in total. The number of amides is 1. The molecule has 0 aliphatic heterocycles. The Hall–Kier alpha value is -2.09. The van der Waals surface area contributed by atoms with Crippen molar-refractivity contribution in [1.29, 1.82) is 0 Å². The standard InChI is InChI=1S/C13H6BrF4NO2/c14-7-3-5(15)1-2-9(7)19-13(21)6-4-8(16)11(18)12(20)10(6)17/h1-4,20H,(H,19,21). The number of carbonyl (C=O) groups excluding carboxylic acids is 1. The van der Waals surface area contributed by atoms with Crippen molar-refractivity contribution in [2.45, 2.75) is 0 Å². The average Bonchev–Trinajstić information content (AvgIpc) is 2.43. The molecule has 0 bridgehead atoms. The smallest absolute Gasteiger partial charge is 0.258 e. The van der Waals surface area contributed by atoms with E-state index in [9.17, 15) is 22.4 Å². The van der Waals surface area contributed by atoms with Crippen LogP contribution in [0.5, 0.6) is 5.75 Å². The summed E-state index contributed by atoms with van der Waals surface area (Å²) in [4.78, 5) is 11.8. The van der Waals surface area contributed by atoms with E-state index in [4.69, 9.17) is 5.11 Å². The van der Waals surface area contributed by atoms with Crippen LogP contribution < -0.4 is 5.32 Å². The molecule has 0 saturated carbocycles. The number of phenolic OH excluding ortho intramolecular Hbond substituents is 1. The van der Waals surface area contributed by atoms with Crippen molar-refractivity contribution in [2.75, 3.05) is 5.32 Å². The normalized spacial score (nSPS) is 10.5. The molecule has 0 atom stereocenters. The van der Waals surface area contributed by atoms with Gasteiger partial charge in [0.2, 0.25) is 5.82 Å². The summed E-state index contributed by atoms with van der Waals surface area (Å²) in [6, 6.07) is 3.60. The molecule has 8 heteroatoms. The van der Waals surface area contributed by atoms with Crippen LogP contribution in [0.4, 0.5) is 23.2 Å². The molecule has 0 aromatic heterocycles. The summed E-state index contributed by atoms with van der Waals surface area (Å²) in [6.45, 7) is 0. The largest absolute Gasteiger partial charge is 0.503 e. The zero-order valence-electron chi connectivity index (χ0n) is 10.1. The Bertz CT molecular complexity index is 737. The zero-order chi connectivity index (χ0) is 15.7. The number of benzene rings is 2. The van der Waals surface area contributed by atoms with Gasteiger partial charge in [-0.1, -0.05) is 0 Å².